The predicted molar refractivity (Wildman–Crippen MR) is 46.7 cm³/mol. The van der Waals surface area contributed by atoms with Gasteiger partial charge in [-0.1, -0.05) is 28.6 Å². The molecule has 0 aromatic carbocycles. The first-order valence-electron chi connectivity index (χ1n) is 2.90. The highest BCUT2D eigenvalue weighted by Gasteiger charge is 1.91. The Morgan fingerprint density at radius 2 is 2.00 bits per heavy atom. The lowest BCUT2D eigenvalue weighted by atomic mass is 10.3. The number of rotatable bonds is 2. The third kappa shape index (κ3) is 3.62. The quantitative estimate of drug-likeness (QED) is 0.602. The molecule has 0 saturated heterocycles. The largest absolute Gasteiger partial charge is 0.207 e. The Morgan fingerprint density at radius 3 is 2.30 bits per heavy atom. The summed E-state index contributed by atoms with van der Waals surface area (Å²) < 4.78 is 13.3. The molecule has 0 fully saturated rings. The molecule has 56 valence electrons. The lowest BCUT2D eigenvalue weighted by Gasteiger charge is -1.91. The molecule has 0 N–H and O–H groups in total. The van der Waals surface area contributed by atoms with Crippen molar-refractivity contribution in [3.8, 4) is 0 Å². The molecule has 0 aromatic rings. The predicted octanol–water partition coefficient (Wildman–Crippen LogP) is 3.71. The van der Waals surface area contributed by atoms with Crippen molar-refractivity contribution in [1.82, 2.24) is 0 Å². The highest BCUT2D eigenvalue weighted by molar-refractivity contribution is 9.11. The van der Waals surface area contributed by atoms with Gasteiger partial charge in [0.1, 0.15) is 5.83 Å². The molecule has 0 bridgehead atoms. The summed E-state index contributed by atoms with van der Waals surface area (Å²) >= 11 is 3.11. The Labute approximate surface area is 69.3 Å². The van der Waals surface area contributed by atoms with Crippen LogP contribution in [-0.2, 0) is 0 Å². The molecule has 10 heavy (non-hydrogen) atoms. The second-order valence-corrected chi connectivity index (χ2v) is 3.00. The molecule has 0 heterocycles. The summed E-state index contributed by atoms with van der Waals surface area (Å²) in [7, 11) is 0. The molecule has 0 unspecified atom stereocenters. The number of allylic oxidation sites excluding steroid dienone is 5. The minimum atomic E-state index is -0.216. The van der Waals surface area contributed by atoms with Gasteiger partial charge in [0.15, 0.2) is 0 Å². The topological polar surface area (TPSA) is 0 Å². The van der Waals surface area contributed by atoms with Crippen LogP contribution in [0.1, 0.15) is 13.8 Å². The Hall–Kier alpha value is -0.370. The van der Waals surface area contributed by atoms with Crippen molar-refractivity contribution in [3.05, 3.63) is 34.6 Å². The van der Waals surface area contributed by atoms with Crippen LogP contribution >= 0.6 is 15.9 Å². The van der Waals surface area contributed by atoms with Crippen LogP contribution in [0.25, 0.3) is 0 Å². The minimum absolute atomic E-state index is 0.216. The monoisotopic (exact) mass is 204 g/mol. The van der Waals surface area contributed by atoms with Gasteiger partial charge in [-0.15, -0.1) is 0 Å². The Morgan fingerprint density at radius 1 is 1.50 bits per heavy atom. The van der Waals surface area contributed by atoms with Crippen LogP contribution in [-0.4, -0.2) is 0 Å². The molecule has 0 radical (unpaired) electrons. The highest BCUT2D eigenvalue weighted by Crippen LogP contribution is 2.13. The average Bonchev–Trinajstić information content (AvgIpc) is 1.87. The van der Waals surface area contributed by atoms with E-state index in [1.807, 2.05) is 0 Å². The summed E-state index contributed by atoms with van der Waals surface area (Å²) in [6.07, 6.45) is 2.94. The first-order valence-corrected chi connectivity index (χ1v) is 3.70. The van der Waals surface area contributed by atoms with Gasteiger partial charge in [0.2, 0.25) is 0 Å². The van der Waals surface area contributed by atoms with Crippen LogP contribution in [0.4, 0.5) is 4.39 Å². The van der Waals surface area contributed by atoms with Gasteiger partial charge in [0.25, 0.3) is 0 Å². The first kappa shape index (κ1) is 9.63. The van der Waals surface area contributed by atoms with E-state index in [-0.39, 0.29) is 5.83 Å². The van der Waals surface area contributed by atoms with Crippen molar-refractivity contribution in [2.24, 2.45) is 0 Å². The van der Waals surface area contributed by atoms with Gasteiger partial charge in [-0.2, -0.15) is 0 Å². The highest BCUT2D eigenvalue weighted by atomic mass is 79.9. The van der Waals surface area contributed by atoms with Crippen LogP contribution in [0.2, 0.25) is 0 Å². The third-order valence-electron chi connectivity index (χ3n) is 0.937. The molecule has 0 spiro atoms. The van der Waals surface area contributed by atoms with Crippen molar-refractivity contribution >= 4 is 15.9 Å². The summed E-state index contributed by atoms with van der Waals surface area (Å²) in [6, 6.07) is 0. The van der Waals surface area contributed by atoms with Crippen molar-refractivity contribution < 1.29 is 4.39 Å². The van der Waals surface area contributed by atoms with E-state index in [2.05, 4.69) is 22.5 Å². The van der Waals surface area contributed by atoms with Crippen molar-refractivity contribution in [1.29, 1.82) is 0 Å². The molecule has 0 aliphatic carbocycles. The molecule has 0 rings (SSSR count). The van der Waals surface area contributed by atoms with Crippen LogP contribution in [0, 0.1) is 0 Å². The van der Waals surface area contributed by atoms with Crippen LogP contribution in [0.3, 0.4) is 0 Å². The van der Waals surface area contributed by atoms with Gasteiger partial charge in [-0.25, -0.2) is 4.39 Å². The molecule has 2 heteroatoms. The normalized spacial score (nSPS) is 11.0. The van der Waals surface area contributed by atoms with Gasteiger partial charge in [0.05, 0.1) is 0 Å². The van der Waals surface area contributed by atoms with Gasteiger partial charge in [-0.05, 0) is 25.5 Å². The fourth-order valence-electron chi connectivity index (χ4n) is 0.324. The molecule has 0 aromatic heterocycles. The standard InChI is InChI=1S/C8H10BrF/c1-4-7(9)5-8(10)6(2)3/h4-5H,1H2,2-3H3/b7-5+. The summed E-state index contributed by atoms with van der Waals surface area (Å²) in [4.78, 5) is 0. The third-order valence-corrected chi connectivity index (χ3v) is 1.49. The first-order chi connectivity index (χ1) is 4.57. The maximum Gasteiger partial charge on any atom is 0.122 e. The fraction of sp³-hybridized carbons (Fsp3) is 0.250. The second-order valence-electron chi connectivity index (χ2n) is 2.08. The van der Waals surface area contributed by atoms with E-state index in [0.717, 1.165) is 0 Å². The van der Waals surface area contributed by atoms with E-state index in [1.54, 1.807) is 19.9 Å². The fourth-order valence-corrected chi connectivity index (χ4v) is 0.525. The molecular formula is C8H10BrF. The molecule has 0 atom stereocenters. The SMILES string of the molecule is C=C/C(Br)=C\C(F)=C(C)C. The van der Waals surface area contributed by atoms with E-state index < -0.39 is 0 Å². The Balaban J connectivity index is 4.42. The zero-order valence-electron chi connectivity index (χ0n) is 6.12. The molecule has 0 aliphatic rings. The van der Waals surface area contributed by atoms with E-state index in [0.29, 0.717) is 10.1 Å². The van der Waals surface area contributed by atoms with Crippen molar-refractivity contribution in [3.63, 3.8) is 0 Å². The lowest BCUT2D eigenvalue weighted by molar-refractivity contribution is 0.654. The van der Waals surface area contributed by atoms with E-state index in [4.69, 9.17) is 0 Å². The van der Waals surface area contributed by atoms with Gasteiger partial charge >= 0.3 is 0 Å². The maximum atomic E-state index is 12.7. The molecule has 0 aliphatic heterocycles. The van der Waals surface area contributed by atoms with Gasteiger partial charge in [0, 0.05) is 4.48 Å². The zero-order valence-corrected chi connectivity index (χ0v) is 7.70. The van der Waals surface area contributed by atoms with Gasteiger partial charge in [-0.3, -0.25) is 0 Å². The summed E-state index contributed by atoms with van der Waals surface area (Å²) in [5.74, 6) is -0.216. The van der Waals surface area contributed by atoms with E-state index >= 15 is 0 Å². The molecule has 0 nitrogen and oxygen atoms in total. The molecular weight excluding hydrogens is 195 g/mol. The number of hydrogen-bond acceptors (Lipinski definition) is 0. The van der Waals surface area contributed by atoms with Crippen molar-refractivity contribution in [2.45, 2.75) is 13.8 Å². The van der Waals surface area contributed by atoms with Crippen molar-refractivity contribution in [2.75, 3.05) is 0 Å². The zero-order chi connectivity index (χ0) is 8.15. The molecule has 0 saturated carbocycles. The number of hydrogen-bond donors (Lipinski definition) is 0. The van der Waals surface area contributed by atoms with Crippen LogP contribution in [0.5, 0.6) is 0 Å². The summed E-state index contributed by atoms with van der Waals surface area (Å²) in [6.45, 7) is 6.90. The maximum absolute atomic E-state index is 12.7. The van der Waals surface area contributed by atoms with E-state index in [1.165, 1.54) is 6.08 Å². The smallest absolute Gasteiger partial charge is 0.122 e. The minimum Gasteiger partial charge on any atom is -0.207 e. The van der Waals surface area contributed by atoms with Crippen LogP contribution in [0.15, 0.2) is 34.6 Å². The average molecular weight is 205 g/mol. The number of halogens is 2. The Bertz CT molecular complexity index is 185. The summed E-state index contributed by atoms with van der Waals surface area (Å²) in [5.41, 5.74) is 0.666. The second kappa shape index (κ2) is 4.45. The summed E-state index contributed by atoms with van der Waals surface area (Å²) in [5, 5.41) is 0. The molecule has 0 amide bonds. The van der Waals surface area contributed by atoms with Crippen LogP contribution < -0.4 is 0 Å². The van der Waals surface area contributed by atoms with E-state index in [9.17, 15) is 4.39 Å². The van der Waals surface area contributed by atoms with Gasteiger partial charge < -0.3 is 0 Å². The Kier molecular flexibility index (Phi) is 4.28. The lowest BCUT2D eigenvalue weighted by Crippen LogP contribution is -1.72.